The molecule has 15 heavy (non-hydrogen) atoms. The van der Waals surface area contributed by atoms with E-state index in [2.05, 4.69) is 0 Å². The fourth-order valence-corrected chi connectivity index (χ4v) is 2.10. The Hall–Kier alpha value is -0.900. The van der Waals surface area contributed by atoms with Gasteiger partial charge < -0.3 is 14.9 Å². The fourth-order valence-electron chi connectivity index (χ4n) is 2.10. The van der Waals surface area contributed by atoms with Gasteiger partial charge in [0.1, 0.15) is 5.60 Å². The van der Waals surface area contributed by atoms with Crippen LogP contribution in [0.2, 0.25) is 0 Å². The molecule has 3 nitrogen and oxygen atoms in total. The van der Waals surface area contributed by atoms with Crippen LogP contribution in [0.1, 0.15) is 24.8 Å². The van der Waals surface area contributed by atoms with Gasteiger partial charge in [-0.25, -0.2) is 0 Å². The number of benzene rings is 1. The summed E-state index contributed by atoms with van der Waals surface area (Å²) >= 11 is 0. The second-order valence-corrected chi connectivity index (χ2v) is 3.98. The normalized spacial score (nSPS) is 31.5. The maximum Gasteiger partial charge on any atom is 0.155 e. The molecule has 0 aromatic heterocycles. The number of hydrogen-bond acceptors (Lipinski definition) is 3. The van der Waals surface area contributed by atoms with Gasteiger partial charge in [0.05, 0.1) is 6.61 Å². The minimum absolute atomic E-state index is 0.0892. The lowest BCUT2D eigenvalue weighted by Crippen LogP contribution is -2.41. The molecule has 2 rings (SSSR count). The Bertz CT molecular complexity index is 312. The van der Waals surface area contributed by atoms with Crippen molar-refractivity contribution in [1.82, 2.24) is 0 Å². The lowest BCUT2D eigenvalue weighted by Gasteiger charge is -2.38. The lowest BCUT2D eigenvalue weighted by molar-refractivity contribution is -0.231. The van der Waals surface area contributed by atoms with Gasteiger partial charge in [0.15, 0.2) is 6.29 Å². The van der Waals surface area contributed by atoms with Gasteiger partial charge in [-0.15, -0.1) is 0 Å². The molecule has 1 aliphatic heterocycles. The van der Waals surface area contributed by atoms with Crippen molar-refractivity contribution in [3.63, 3.8) is 0 Å². The predicted molar refractivity (Wildman–Crippen MR) is 56.1 cm³/mol. The summed E-state index contributed by atoms with van der Waals surface area (Å²) in [5, 5.41) is 19.0. The zero-order chi connectivity index (χ0) is 10.7. The first kappa shape index (κ1) is 10.6. The second kappa shape index (κ2) is 4.31. The van der Waals surface area contributed by atoms with E-state index >= 15 is 0 Å². The molecule has 2 atom stereocenters. The van der Waals surface area contributed by atoms with E-state index in [1.165, 1.54) is 0 Å². The van der Waals surface area contributed by atoms with Crippen molar-refractivity contribution in [3.8, 4) is 0 Å². The molecule has 3 heteroatoms. The van der Waals surface area contributed by atoms with Crippen LogP contribution in [-0.4, -0.2) is 23.1 Å². The molecule has 0 amide bonds. The second-order valence-electron chi connectivity index (χ2n) is 3.98. The van der Waals surface area contributed by atoms with Gasteiger partial charge in [-0.1, -0.05) is 30.3 Å². The zero-order valence-electron chi connectivity index (χ0n) is 8.60. The van der Waals surface area contributed by atoms with Crippen LogP contribution in [0.15, 0.2) is 30.3 Å². The van der Waals surface area contributed by atoms with E-state index in [1.807, 2.05) is 30.3 Å². The Kier molecular flexibility index (Phi) is 3.05. The average Bonchev–Trinajstić information content (AvgIpc) is 2.30. The molecule has 1 aromatic carbocycles. The molecule has 1 fully saturated rings. The Labute approximate surface area is 89.3 Å². The Balaban J connectivity index is 2.28. The van der Waals surface area contributed by atoms with E-state index in [-0.39, 0.29) is 6.61 Å². The average molecular weight is 208 g/mol. The van der Waals surface area contributed by atoms with Gasteiger partial charge >= 0.3 is 0 Å². The van der Waals surface area contributed by atoms with Crippen LogP contribution in [0.3, 0.4) is 0 Å². The quantitative estimate of drug-likeness (QED) is 0.772. The van der Waals surface area contributed by atoms with Crippen molar-refractivity contribution in [2.24, 2.45) is 0 Å². The summed E-state index contributed by atoms with van der Waals surface area (Å²) in [6.45, 7) is -0.0892. The van der Waals surface area contributed by atoms with Crippen molar-refractivity contribution >= 4 is 0 Å². The Morgan fingerprint density at radius 1 is 1.33 bits per heavy atom. The van der Waals surface area contributed by atoms with Crippen LogP contribution in [-0.2, 0) is 10.3 Å². The molecule has 82 valence electrons. The van der Waals surface area contributed by atoms with Crippen molar-refractivity contribution in [2.45, 2.75) is 31.2 Å². The summed E-state index contributed by atoms with van der Waals surface area (Å²) in [4.78, 5) is 0. The van der Waals surface area contributed by atoms with Crippen LogP contribution in [0.5, 0.6) is 0 Å². The van der Waals surface area contributed by atoms with Gasteiger partial charge in [0.25, 0.3) is 0 Å². The summed E-state index contributed by atoms with van der Waals surface area (Å²) in [5.74, 6) is 0. The summed E-state index contributed by atoms with van der Waals surface area (Å²) in [5.41, 5.74) is 0.227. The molecule has 0 bridgehead atoms. The monoisotopic (exact) mass is 208 g/mol. The first-order valence-electron chi connectivity index (χ1n) is 5.29. The molecule has 1 aliphatic rings. The molecule has 0 saturated carbocycles. The fraction of sp³-hybridized carbons (Fsp3) is 0.500. The highest BCUT2D eigenvalue weighted by Crippen LogP contribution is 2.36. The number of ether oxygens (including phenoxy) is 1. The zero-order valence-corrected chi connectivity index (χ0v) is 8.60. The van der Waals surface area contributed by atoms with Gasteiger partial charge in [-0.05, 0) is 24.8 Å². The van der Waals surface area contributed by atoms with E-state index in [1.54, 1.807) is 0 Å². The van der Waals surface area contributed by atoms with E-state index in [0.717, 1.165) is 18.4 Å². The van der Waals surface area contributed by atoms with Crippen molar-refractivity contribution in [2.75, 3.05) is 6.61 Å². The molecule has 2 N–H and O–H groups in total. The SMILES string of the molecule is OC[C@]1(c2ccccc2)CCCC(O)O1. The van der Waals surface area contributed by atoms with Crippen molar-refractivity contribution in [3.05, 3.63) is 35.9 Å². The molecule has 0 radical (unpaired) electrons. The third-order valence-electron chi connectivity index (χ3n) is 2.95. The largest absolute Gasteiger partial charge is 0.393 e. The first-order valence-corrected chi connectivity index (χ1v) is 5.29. The predicted octanol–water partition coefficient (Wildman–Crippen LogP) is 1.39. The minimum atomic E-state index is -0.758. The highest BCUT2D eigenvalue weighted by Gasteiger charge is 2.37. The third-order valence-corrected chi connectivity index (χ3v) is 2.95. The number of rotatable bonds is 2. The Morgan fingerprint density at radius 2 is 2.07 bits per heavy atom. The van der Waals surface area contributed by atoms with Crippen LogP contribution < -0.4 is 0 Å². The van der Waals surface area contributed by atoms with Gasteiger partial charge in [-0.2, -0.15) is 0 Å². The summed E-state index contributed by atoms with van der Waals surface area (Å²) < 4.78 is 5.51. The maximum absolute atomic E-state index is 9.50. The topological polar surface area (TPSA) is 49.7 Å². The smallest absolute Gasteiger partial charge is 0.155 e. The number of aliphatic hydroxyl groups excluding tert-OH is 2. The van der Waals surface area contributed by atoms with E-state index in [0.29, 0.717) is 6.42 Å². The lowest BCUT2D eigenvalue weighted by atomic mass is 9.87. The molecule has 1 unspecified atom stereocenters. The van der Waals surface area contributed by atoms with Crippen LogP contribution in [0.25, 0.3) is 0 Å². The van der Waals surface area contributed by atoms with Gasteiger partial charge in [0.2, 0.25) is 0 Å². The molecule has 0 spiro atoms. The molecule has 1 saturated heterocycles. The van der Waals surface area contributed by atoms with Gasteiger partial charge in [0, 0.05) is 0 Å². The summed E-state index contributed by atoms with van der Waals surface area (Å²) in [7, 11) is 0. The van der Waals surface area contributed by atoms with Gasteiger partial charge in [-0.3, -0.25) is 0 Å². The molecular formula is C12H16O3. The molecular weight excluding hydrogens is 192 g/mol. The van der Waals surface area contributed by atoms with Crippen molar-refractivity contribution in [1.29, 1.82) is 0 Å². The van der Waals surface area contributed by atoms with E-state index in [4.69, 9.17) is 4.74 Å². The Morgan fingerprint density at radius 3 is 2.67 bits per heavy atom. The summed E-state index contributed by atoms with van der Waals surface area (Å²) in [6.07, 6.45) is 1.52. The minimum Gasteiger partial charge on any atom is -0.393 e. The van der Waals surface area contributed by atoms with E-state index < -0.39 is 11.9 Å². The van der Waals surface area contributed by atoms with Crippen molar-refractivity contribution < 1.29 is 14.9 Å². The van der Waals surface area contributed by atoms with Crippen LogP contribution in [0.4, 0.5) is 0 Å². The first-order chi connectivity index (χ1) is 7.27. The number of aliphatic hydroxyl groups is 2. The maximum atomic E-state index is 9.50. The molecule has 0 aliphatic carbocycles. The molecule has 1 aromatic rings. The van der Waals surface area contributed by atoms with Crippen LogP contribution >= 0.6 is 0 Å². The van der Waals surface area contributed by atoms with Crippen LogP contribution in [0, 0.1) is 0 Å². The summed E-state index contributed by atoms with van der Waals surface area (Å²) in [6, 6.07) is 9.60. The highest BCUT2D eigenvalue weighted by atomic mass is 16.6. The highest BCUT2D eigenvalue weighted by molar-refractivity contribution is 5.23. The van der Waals surface area contributed by atoms with E-state index in [9.17, 15) is 10.2 Å². The standard InChI is InChI=1S/C12H16O3/c13-9-12(8-4-7-11(14)15-12)10-5-2-1-3-6-10/h1-3,5-6,11,13-14H,4,7-9H2/t11?,12-/m0/s1. The molecule has 1 heterocycles. The number of hydrogen-bond donors (Lipinski definition) is 2. The third kappa shape index (κ3) is 2.04.